The number of hydrogen-bond donors (Lipinski definition) is 1. The summed E-state index contributed by atoms with van der Waals surface area (Å²) in [6.07, 6.45) is 7.16. The third-order valence-electron chi connectivity index (χ3n) is 4.75. The molecule has 2 heterocycles. The van der Waals surface area contributed by atoms with Crippen LogP contribution in [0, 0.1) is 6.92 Å². The first kappa shape index (κ1) is 17.7. The molecule has 0 saturated heterocycles. The van der Waals surface area contributed by atoms with E-state index in [1.807, 2.05) is 83.9 Å². The average molecular weight is 371 g/mol. The molecule has 0 fully saturated rings. The van der Waals surface area contributed by atoms with E-state index in [2.05, 4.69) is 15.4 Å². The number of amides is 1. The molecule has 0 saturated carbocycles. The van der Waals surface area contributed by atoms with Crippen LogP contribution in [0.3, 0.4) is 0 Å². The maximum atomic E-state index is 12.6. The number of imidazole rings is 1. The zero-order valence-electron chi connectivity index (χ0n) is 15.8. The van der Waals surface area contributed by atoms with E-state index in [1.165, 1.54) is 0 Å². The van der Waals surface area contributed by atoms with Gasteiger partial charge in [-0.15, -0.1) is 0 Å². The van der Waals surface area contributed by atoms with Crippen LogP contribution < -0.4 is 5.32 Å². The fraction of sp³-hybridized carbons (Fsp3) is 0.136. The first-order valence-electron chi connectivity index (χ1n) is 9.12. The Morgan fingerprint density at radius 3 is 2.29 bits per heavy atom. The molecule has 1 amide bonds. The van der Waals surface area contributed by atoms with Crippen LogP contribution >= 0.6 is 0 Å². The van der Waals surface area contributed by atoms with Gasteiger partial charge < -0.3 is 9.88 Å². The van der Waals surface area contributed by atoms with Gasteiger partial charge in [-0.05, 0) is 61.9 Å². The highest BCUT2D eigenvalue weighted by Gasteiger charge is 2.12. The molecule has 1 N–H and O–H groups in total. The molecule has 0 bridgehead atoms. The van der Waals surface area contributed by atoms with Crippen LogP contribution in [0.2, 0.25) is 0 Å². The number of carbonyl (C=O) groups excluding carboxylic acids is 1. The Hall–Kier alpha value is -3.67. The van der Waals surface area contributed by atoms with Gasteiger partial charge in [0.25, 0.3) is 5.91 Å². The Labute approximate surface area is 163 Å². The highest BCUT2D eigenvalue weighted by molar-refractivity contribution is 5.94. The van der Waals surface area contributed by atoms with Crippen LogP contribution in [0.5, 0.6) is 0 Å². The number of aromatic nitrogens is 4. The molecule has 140 valence electrons. The van der Waals surface area contributed by atoms with E-state index in [9.17, 15) is 4.79 Å². The molecule has 4 rings (SSSR count). The fourth-order valence-electron chi connectivity index (χ4n) is 3.10. The van der Waals surface area contributed by atoms with Crippen molar-refractivity contribution < 1.29 is 4.79 Å². The van der Waals surface area contributed by atoms with Gasteiger partial charge in [-0.3, -0.25) is 4.79 Å². The number of nitrogens with zero attached hydrogens (tertiary/aromatic N) is 4. The molecule has 0 aliphatic rings. The number of nitrogens with one attached hydrogen (secondary N) is 1. The summed E-state index contributed by atoms with van der Waals surface area (Å²) >= 11 is 0. The van der Waals surface area contributed by atoms with E-state index in [4.69, 9.17) is 0 Å². The van der Waals surface area contributed by atoms with Gasteiger partial charge in [-0.25, -0.2) is 9.67 Å². The highest BCUT2D eigenvalue weighted by atomic mass is 16.1. The molecular weight excluding hydrogens is 350 g/mol. The Kier molecular flexibility index (Phi) is 4.76. The second-order valence-corrected chi connectivity index (χ2v) is 6.69. The predicted molar refractivity (Wildman–Crippen MR) is 108 cm³/mol. The summed E-state index contributed by atoms with van der Waals surface area (Å²) in [5.41, 5.74) is 4.67. The van der Waals surface area contributed by atoms with E-state index in [1.54, 1.807) is 18.7 Å². The number of hydrogen-bond acceptors (Lipinski definition) is 3. The molecule has 2 aromatic heterocycles. The van der Waals surface area contributed by atoms with Crippen LogP contribution in [0.15, 0.2) is 79.5 Å². The standard InChI is InChI=1S/C22H21N5O/c1-16-11-12-24-27(16)21-9-5-19(6-10-21)22(28)25-17(2)18-3-7-20(8-4-18)26-14-13-23-15-26/h3-15,17H,1-2H3,(H,25,28). The summed E-state index contributed by atoms with van der Waals surface area (Å²) in [6.45, 7) is 3.97. The van der Waals surface area contributed by atoms with Gasteiger partial charge in [0.2, 0.25) is 0 Å². The zero-order chi connectivity index (χ0) is 19.5. The van der Waals surface area contributed by atoms with E-state index >= 15 is 0 Å². The molecule has 1 atom stereocenters. The first-order valence-corrected chi connectivity index (χ1v) is 9.12. The van der Waals surface area contributed by atoms with Gasteiger partial charge in [0, 0.05) is 35.5 Å². The minimum atomic E-state index is -0.102. The minimum Gasteiger partial charge on any atom is -0.346 e. The maximum Gasteiger partial charge on any atom is 0.251 e. The van der Waals surface area contributed by atoms with Crippen LogP contribution in [0.4, 0.5) is 0 Å². The molecule has 28 heavy (non-hydrogen) atoms. The summed E-state index contributed by atoms with van der Waals surface area (Å²) in [7, 11) is 0. The quantitative estimate of drug-likeness (QED) is 0.579. The van der Waals surface area contributed by atoms with Crippen LogP contribution in [0.1, 0.15) is 34.6 Å². The Morgan fingerprint density at radius 1 is 0.964 bits per heavy atom. The lowest BCUT2D eigenvalue weighted by Crippen LogP contribution is -2.26. The van der Waals surface area contributed by atoms with Gasteiger partial charge in [0.1, 0.15) is 0 Å². The van der Waals surface area contributed by atoms with Crippen molar-refractivity contribution in [3.05, 3.63) is 96.3 Å². The SMILES string of the molecule is Cc1ccnn1-c1ccc(C(=O)NC(C)c2ccc(-n3ccnc3)cc2)cc1. The Bertz CT molecular complexity index is 1060. The third kappa shape index (κ3) is 3.57. The molecule has 0 radical (unpaired) electrons. The molecule has 0 aliphatic heterocycles. The third-order valence-corrected chi connectivity index (χ3v) is 4.75. The highest BCUT2D eigenvalue weighted by Crippen LogP contribution is 2.17. The van der Waals surface area contributed by atoms with E-state index in [0.717, 1.165) is 22.6 Å². The van der Waals surface area contributed by atoms with Crippen molar-refractivity contribution >= 4 is 5.91 Å². The molecule has 6 nitrogen and oxygen atoms in total. The number of rotatable bonds is 5. The van der Waals surface area contributed by atoms with E-state index in [0.29, 0.717) is 5.56 Å². The zero-order valence-corrected chi connectivity index (χ0v) is 15.8. The largest absolute Gasteiger partial charge is 0.346 e. The smallest absolute Gasteiger partial charge is 0.251 e. The topological polar surface area (TPSA) is 64.7 Å². The molecule has 0 aliphatic carbocycles. The maximum absolute atomic E-state index is 12.6. The predicted octanol–water partition coefficient (Wildman–Crippen LogP) is 3.86. The number of aryl methyl sites for hydroxylation is 1. The summed E-state index contributed by atoms with van der Waals surface area (Å²) in [6, 6.07) is 17.4. The second kappa shape index (κ2) is 7.52. The monoisotopic (exact) mass is 371 g/mol. The van der Waals surface area contributed by atoms with E-state index < -0.39 is 0 Å². The van der Waals surface area contributed by atoms with Crippen LogP contribution in [-0.2, 0) is 0 Å². The summed E-state index contributed by atoms with van der Waals surface area (Å²) in [4.78, 5) is 16.7. The van der Waals surface area contributed by atoms with Crippen molar-refractivity contribution in [2.24, 2.45) is 0 Å². The molecule has 4 aromatic rings. The van der Waals surface area contributed by atoms with Crippen LogP contribution in [0.25, 0.3) is 11.4 Å². The Balaban J connectivity index is 1.43. The van der Waals surface area contributed by atoms with Crippen molar-refractivity contribution in [2.45, 2.75) is 19.9 Å². The summed E-state index contributed by atoms with van der Waals surface area (Å²) in [5, 5.41) is 7.34. The average Bonchev–Trinajstić information content (AvgIpc) is 3.40. The van der Waals surface area contributed by atoms with Crippen molar-refractivity contribution in [3.8, 4) is 11.4 Å². The molecule has 1 unspecified atom stereocenters. The van der Waals surface area contributed by atoms with Crippen molar-refractivity contribution in [2.75, 3.05) is 0 Å². The van der Waals surface area contributed by atoms with Crippen molar-refractivity contribution in [3.63, 3.8) is 0 Å². The van der Waals surface area contributed by atoms with Gasteiger partial charge in [-0.1, -0.05) is 12.1 Å². The van der Waals surface area contributed by atoms with Gasteiger partial charge in [0.15, 0.2) is 0 Å². The lowest BCUT2D eigenvalue weighted by molar-refractivity contribution is 0.0940. The summed E-state index contributed by atoms with van der Waals surface area (Å²) < 4.78 is 3.78. The fourth-order valence-corrected chi connectivity index (χ4v) is 3.10. The minimum absolute atomic E-state index is 0.0997. The molecule has 6 heteroatoms. The van der Waals surface area contributed by atoms with Crippen molar-refractivity contribution in [1.29, 1.82) is 0 Å². The molecule has 0 spiro atoms. The normalized spacial score (nSPS) is 11.9. The lowest BCUT2D eigenvalue weighted by atomic mass is 10.1. The van der Waals surface area contributed by atoms with Crippen LogP contribution in [-0.4, -0.2) is 25.2 Å². The molecular formula is C22H21N5O. The first-order chi connectivity index (χ1) is 13.6. The lowest BCUT2D eigenvalue weighted by Gasteiger charge is -2.15. The number of carbonyl (C=O) groups is 1. The summed E-state index contributed by atoms with van der Waals surface area (Å²) in [5.74, 6) is -0.102. The molecule has 2 aromatic carbocycles. The van der Waals surface area contributed by atoms with Gasteiger partial charge >= 0.3 is 0 Å². The van der Waals surface area contributed by atoms with Crippen molar-refractivity contribution in [1.82, 2.24) is 24.6 Å². The second-order valence-electron chi connectivity index (χ2n) is 6.69. The Morgan fingerprint density at radius 2 is 1.68 bits per heavy atom. The van der Waals surface area contributed by atoms with Gasteiger partial charge in [0.05, 0.1) is 18.1 Å². The van der Waals surface area contributed by atoms with Gasteiger partial charge in [-0.2, -0.15) is 5.10 Å². The number of benzene rings is 2. The van der Waals surface area contributed by atoms with E-state index in [-0.39, 0.29) is 11.9 Å².